The van der Waals surface area contributed by atoms with Gasteiger partial charge in [0, 0.05) is 29.1 Å². The van der Waals surface area contributed by atoms with Crippen molar-refractivity contribution in [3.63, 3.8) is 0 Å². The Morgan fingerprint density at radius 3 is 2.47 bits per heavy atom. The van der Waals surface area contributed by atoms with E-state index in [-0.39, 0.29) is 22.8 Å². The standard InChI is InChI=1S/C26H23F3N4O5/c1-3-19-22(17-10-11-20(36-2)21(13-17)38-26(27,28)29)32-33(25(35)37-19)24(30)16-8-6-15(7-9-16)23(34)18-5-4-12-31-14-18/h4-14,19,24H,3,30H2,1-2H3. The highest BCUT2D eigenvalue weighted by Crippen LogP contribution is 2.34. The zero-order valence-electron chi connectivity index (χ0n) is 20.3. The molecule has 0 fully saturated rings. The van der Waals surface area contributed by atoms with Gasteiger partial charge in [-0.15, -0.1) is 13.2 Å². The van der Waals surface area contributed by atoms with Gasteiger partial charge in [-0.2, -0.15) is 10.1 Å². The van der Waals surface area contributed by atoms with E-state index in [0.29, 0.717) is 23.1 Å². The smallest absolute Gasteiger partial charge is 0.493 e. The number of methoxy groups -OCH3 is 1. The summed E-state index contributed by atoms with van der Waals surface area (Å²) in [6, 6.07) is 13.4. The Hall–Kier alpha value is -4.45. The number of hydrogen-bond acceptors (Lipinski definition) is 8. The second kappa shape index (κ2) is 10.9. The van der Waals surface area contributed by atoms with Crippen molar-refractivity contribution in [2.75, 3.05) is 7.11 Å². The van der Waals surface area contributed by atoms with E-state index in [9.17, 15) is 22.8 Å². The molecule has 2 aromatic carbocycles. The van der Waals surface area contributed by atoms with Crippen molar-refractivity contribution in [1.29, 1.82) is 0 Å². The number of cyclic esters (lactones) is 1. The summed E-state index contributed by atoms with van der Waals surface area (Å²) in [7, 11) is 1.21. The second-order valence-electron chi connectivity index (χ2n) is 8.16. The van der Waals surface area contributed by atoms with Crippen molar-refractivity contribution in [1.82, 2.24) is 9.99 Å². The molecule has 0 saturated carbocycles. The van der Waals surface area contributed by atoms with E-state index < -0.39 is 30.5 Å². The molecular weight excluding hydrogens is 505 g/mol. The normalized spacial score (nSPS) is 16.4. The van der Waals surface area contributed by atoms with Crippen molar-refractivity contribution in [2.24, 2.45) is 10.8 Å². The molecule has 0 radical (unpaired) electrons. The Balaban J connectivity index is 1.64. The van der Waals surface area contributed by atoms with Crippen molar-refractivity contribution in [2.45, 2.75) is 32.0 Å². The lowest BCUT2D eigenvalue weighted by molar-refractivity contribution is -0.275. The third-order valence-electron chi connectivity index (χ3n) is 5.71. The third kappa shape index (κ3) is 5.75. The number of amides is 1. The first-order valence-corrected chi connectivity index (χ1v) is 11.4. The van der Waals surface area contributed by atoms with Crippen LogP contribution >= 0.6 is 0 Å². The van der Waals surface area contributed by atoms with Crippen molar-refractivity contribution in [3.8, 4) is 11.5 Å². The largest absolute Gasteiger partial charge is 0.573 e. The zero-order valence-corrected chi connectivity index (χ0v) is 20.3. The predicted octanol–water partition coefficient (Wildman–Crippen LogP) is 4.81. The molecule has 2 N–H and O–H groups in total. The molecule has 0 spiro atoms. The van der Waals surface area contributed by atoms with Crippen LogP contribution in [-0.2, 0) is 4.74 Å². The van der Waals surface area contributed by atoms with E-state index in [0.717, 1.165) is 11.1 Å². The lowest BCUT2D eigenvalue weighted by Crippen LogP contribution is -2.45. The first kappa shape index (κ1) is 26.6. The molecule has 2 atom stereocenters. The van der Waals surface area contributed by atoms with Crippen molar-refractivity contribution >= 4 is 17.6 Å². The van der Waals surface area contributed by atoms with Crippen LogP contribution in [0.2, 0.25) is 0 Å². The molecule has 1 aliphatic rings. The van der Waals surface area contributed by atoms with Crippen LogP contribution in [0.3, 0.4) is 0 Å². The van der Waals surface area contributed by atoms with Crippen LogP contribution in [0.4, 0.5) is 18.0 Å². The topological polar surface area (TPSA) is 116 Å². The minimum absolute atomic E-state index is 0.137. The van der Waals surface area contributed by atoms with Gasteiger partial charge in [-0.25, -0.2) is 4.79 Å². The van der Waals surface area contributed by atoms with Gasteiger partial charge < -0.3 is 19.9 Å². The summed E-state index contributed by atoms with van der Waals surface area (Å²) in [6.45, 7) is 1.73. The summed E-state index contributed by atoms with van der Waals surface area (Å²) < 4.78 is 53.3. The summed E-state index contributed by atoms with van der Waals surface area (Å²) in [5, 5.41) is 5.25. The number of benzene rings is 2. The highest BCUT2D eigenvalue weighted by atomic mass is 19.4. The average molecular weight is 528 g/mol. The molecule has 9 nitrogen and oxygen atoms in total. The molecule has 2 heterocycles. The Labute approximate surface area is 215 Å². The molecule has 0 aliphatic carbocycles. The fourth-order valence-electron chi connectivity index (χ4n) is 3.83. The number of carbonyl (C=O) groups is 2. The van der Waals surface area contributed by atoms with E-state index in [1.165, 1.54) is 25.4 Å². The number of hydrazone groups is 1. The average Bonchev–Trinajstić information content (AvgIpc) is 2.91. The maximum Gasteiger partial charge on any atom is 0.573 e. The summed E-state index contributed by atoms with van der Waals surface area (Å²) in [5.74, 6) is -0.947. The Morgan fingerprint density at radius 2 is 1.87 bits per heavy atom. The number of pyridine rings is 1. The van der Waals surface area contributed by atoms with Crippen LogP contribution in [0, 0.1) is 0 Å². The molecule has 38 heavy (non-hydrogen) atoms. The summed E-state index contributed by atoms with van der Waals surface area (Å²) >= 11 is 0. The molecule has 198 valence electrons. The Morgan fingerprint density at radius 1 is 1.13 bits per heavy atom. The van der Waals surface area contributed by atoms with Gasteiger partial charge in [0.1, 0.15) is 18.0 Å². The van der Waals surface area contributed by atoms with Crippen molar-refractivity contribution < 1.29 is 37.0 Å². The molecule has 0 bridgehead atoms. The molecule has 0 saturated heterocycles. The molecule has 1 aliphatic heterocycles. The van der Waals surface area contributed by atoms with E-state index in [2.05, 4.69) is 14.8 Å². The van der Waals surface area contributed by atoms with Gasteiger partial charge in [0.2, 0.25) is 0 Å². The Bertz CT molecular complexity index is 1350. The zero-order chi connectivity index (χ0) is 27.4. The summed E-state index contributed by atoms with van der Waals surface area (Å²) in [5.41, 5.74) is 7.96. The van der Waals surface area contributed by atoms with Gasteiger partial charge >= 0.3 is 12.5 Å². The van der Waals surface area contributed by atoms with Crippen LogP contribution in [0.5, 0.6) is 11.5 Å². The number of hydrogen-bond donors (Lipinski definition) is 1. The fourth-order valence-corrected chi connectivity index (χ4v) is 3.83. The Kier molecular flexibility index (Phi) is 7.62. The number of rotatable bonds is 8. The maximum absolute atomic E-state index is 12.9. The molecular formula is C26H23F3N4O5. The number of carbonyl (C=O) groups excluding carboxylic acids is 2. The monoisotopic (exact) mass is 528 g/mol. The number of nitrogens with zero attached hydrogens (tertiary/aromatic N) is 3. The molecule has 3 aromatic rings. The molecule has 12 heteroatoms. The van der Waals surface area contributed by atoms with Crippen LogP contribution in [0.1, 0.15) is 46.6 Å². The summed E-state index contributed by atoms with van der Waals surface area (Å²) in [4.78, 5) is 29.3. The summed E-state index contributed by atoms with van der Waals surface area (Å²) in [6.07, 6.45) is -4.40. The minimum atomic E-state index is -4.95. The van der Waals surface area contributed by atoms with Crippen LogP contribution in [0.15, 0.2) is 72.1 Å². The number of ether oxygens (including phenoxy) is 3. The van der Waals surface area contributed by atoms with E-state index in [1.807, 2.05) is 0 Å². The SMILES string of the molecule is CCC1OC(=O)N(C(N)c2ccc(C(=O)c3cccnc3)cc2)N=C1c1ccc(OC)c(OC(F)(F)F)c1. The molecule has 4 rings (SSSR count). The van der Waals surface area contributed by atoms with Gasteiger partial charge in [-0.05, 0) is 42.3 Å². The van der Waals surface area contributed by atoms with Gasteiger partial charge in [0.05, 0.1) is 7.11 Å². The first-order chi connectivity index (χ1) is 18.1. The molecule has 1 amide bonds. The van der Waals surface area contributed by atoms with Crippen molar-refractivity contribution in [3.05, 3.63) is 89.2 Å². The number of alkyl halides is 3. The van der Waals surface area contributed by atoms with Gasteiger partial charge in [-0.1, -0.05) is 31.2 Å². The second-order valence-corrected chi connectivity index (χ2v) is 8.16. The van der Waals surface area contributed by atoms with Gasteiger partial charge in [0.25, 0.3) is 0 Å². The maximum atomic E-state index is 12.9. The lowest BCUT2D eigenvalue weighted by atomic mass is 10.0. The third-order valence-corrected chi connectivity index (χ3v) is 5.71. The van der Waals surface area contributed by atoms with Gasteiger partial charge in [-0.3, -0.25) is 9.78 Å². The molecule has 1 aromatic heterocycles. The lowest BCUT2D eigenvalue weighted by Gasteiger charge is -2.32. The molecule has 2 unspecified atom stereocenters. The quantitative estimate of drug-likeness (QED) is 0.417. The first-order valence-electron chi connectivity index (χ1n) is 11.4. The van der Waals surface area contributed by atoms with E-state index in [4.69, 9.17) is 15.2 Å². The van der Waals surface area contributed by atoms with Gasteiger partial charge in [0.15, 0.2) is 17.3 Å². The van der Waals surface area contributed by atoms with Crippen LogP contribution in [0.25, 0.3) is 0 Å². The number of aromatic nitrogens is 1. The number of halogens is 3. The predicted molar refractivity (Wildman–Crippen MR) is 130 cm³/mol. The highest BCUT2D eigenvalue weighted by molar-refractivity contribution is 6.09. The van der Waals surface area contributed by atoms with Crippen LogP contribution < -0.4 is 15.2 Å². The fraction of sp³-hybridized carbons (Fsp3) is 0.231. The number of ketones is 1. The van der Waals surface area contributed by atoms with Crippen LogP contribution in [-0.4, -0.2) is 47.2 Å². The minimum Gasteiger partial charge on any atom is -0.493 e. The number of nitrogens with two attached hydrogens (primary N) is 1. The van der Waals surface area contributed by atoms with E-state index in [1.54, 1.807) is 49.5 Å². The highest BCUT2D eigenvalue weighted by Gasteiger charge is 2.36. The van der Waals surface area contributed by atoms with E-state index >= 15 is 0 Å².